The van der Waals surface area contributed by atoms with Crippen molar-refractivity contribution in [3.63, 3.8) is 0 Å². The molecule has 0 bridgehead atoms. The van der Waals surface area contributed by atoms with Gasteiger partial charge in [-0.05, 0) is 19.1 Å². The maximum absolute atomic E-state index is 5.85. The van der Waals surface area contributed by atoms with E-state index in [0.717, 1.165) is 27.9 Å². The number of nitrogens with zero attached hydrogens (tertiary/aromatic N) is 1. The van der Waals surface area contributed by atoms with E-state index in [4.69, 9.17) is 15.0 Å². The highest BCUT2D eigenvalue weighted by Crippen LogP contribution is 2.36. The number of nitrogens with two attached hydrogens (primary N) is 1. The van der Waals surface area contributed by atoms with Gasteiger partial charge < -0.3 is 20.0 Å². The molecule has 0 aliphatic carbocycles. The number of aromatic nitrogens is 2. The summed E-state index contributed by atoms with van der Waals surface area (Å²) in [5.74, 6) is 1.41. The number of aromatic amines is 1. The first kappa shape index (κ1) is 10.7. The van der Waals surface area contributed by atoms with Crippen molar-refractivity contribution in [3.8, 4) is 17.1 Å². The molecule has 0 atom stereocenters. The summed E-state index contributed by atoms with van der Waals surface area (Å²) in [6, 6.07) is 5.83. The van der Waals surface area contributed by atoms with Crippen LogP contribution in [0.25, 0.3) is 22.2 Å². The summed E-state index contributed by atoms with van der Waals surface area (Å²) in [5.41, 5.74) is 9.31. The van der Waals surface area contributed by atoms with E-state index in [1.807, 2.05) is 25.1 Å². The average molecular weight is 243 g/mol. The Hall–Kier alpha value is -2.43. The van der Waals surface area contributed by atoms with Gasteiger partial charge in [-0.3, -0.25) is 0 Å². The van der Waals surface area contributed by atoms with Crippen LogP contribution >= 0.6 is 0 Å². The molecule has 0 fully saturated rings. The summed E-state index contributed by atoms with van der Waals surface area (Å²) in [4.78, 5) is 3.29. The standard InChI is InChI=1S/C13H13N3O2/c1-7-12(13-10(14)6-15-18-13)9-4-3-8(17-2)5-11(9)16-7/h3-6,16H,14H2,1-2H3. The quantitative estimate of drug-likeness (QED) is 0.725. The summed E-state index contributed by atoms with van der Waals surface area (Å²) in [6.45, 7) is 1.98. The predicted octanol–water partition coefficient (Wildman–Crippen LogP) is 2.72. The van der Waals surface area contributed by atoms with E-state index >= 15 is 0 Å². The third kappa shape index (κ3) is 1.44. The van der Waals surface area contributed by atoms with E-state index < -0.39 is 0 Å². The Morgan fingerprint density at radius 2 is 2.22 bits per heavy atom. The minimum absolute atomic E-state index is 0.537. The zero-order valence-electron chi connectivity index (χ0n) is 10.2. The molecular formula is C13H13N3O2. The molecule has 1 aromatic carbocycles. The largest absolute Gasteiger partial charge is 0.497 e. The van der Waals surface area contributed by atoms with Crippen LogP contribution in [-0.4, -0.2) is 17.3 Å². The predicted molar refractivity (Wildman–Crippen MR) is 69.5 cm³/mol. The summed E-state index contributed by atoms with van der Waals surface area (Å²) >= 11 is 0. The number of nitrogen functional groups attached to an aromatic ring is 1. The molecule has 0 saturated carbocycles. The first-order valence-electron chi connectivity index (χ1n) is 5.57. The third-order valence-electron chi connectivity index (χ3n) is 3.02. The number of rotatable bonds is 2. The molecule has 18 heavy (non-hydrogen) atoms. The van der Waals surface area contributed by atoms with Crippen LogP contribution in [0.15, 0.2) is 28.9 Å². The van der Waals surface area contributed by atoms with E-state index in [9.17, 15) is 0 Å². The molecule has 5 nitrogen and oxygen atoms in total. The lowest BCUT2D eigenvalue weighted by Crippen LogP contribution is -1.85. The number of methoxy groups -OCH3 is 1. The molecule has 0 unspecified atom stereocenters. The molecule has 3 aromatic rings. The number of hydrogen-bond acceptors (Lipinski definition) is 4. The van der Waals surface area contributed by atoms with Crippen LogP contribution in [0, 0.1) is 6.92 Å². The fraction of sp³-hybridized carbons (Fsp3) is 0.154. The van der Waals surface area contributed by atoms with Crippen molar-refractivity contribution in [2.45, 2.75) is 6.92 Å². The summed E-state index contributed by atoms with van der Waals surface area (Å²) < 4.78 is 10.4. The zero-order valence-corrected chi connectivity index (χ0v) is 10.2. The van der Waals surface area contributed by atoms with E-state index in [0.29, 0.717) is 11.4 Å². The molecule has 0 spiro atoms. The molecule has 92 valence electrons. The third-order valence-corrected chi connectivity index (χ3v) is 3.02. The van der Waals surface area contributed by atoms with Crippen LogP contribution < -0.4 is 10.5 Å². The normalized spacial score (nSPS) is 11.0. The Morgan fingerprint density at radius 1 is 1.39 bits per heavy atom. The molecule has 0 aliphatic heterocycles. The monoisotopic (exact) mass is 243 g/mol. The number of aryl methyl sites for hydroxylation is 1. The van der Waals surface area contributed by atoms with Crippen LogP contribution in [0.3, 0.4) is 0 Å². The molecular weight excluding hydrogens is 230 g/mol. The second kappa shape index (κ2) is 3.80. The van der Waals surface area contributed by atoms with Gasteiger partial charge in [0.2, 0.25) is 0 Å². The highest BCUT2D eigenvalue weighted by atomic mass is 16.5. The van der Waals surface area contributed by atoms with Gasteiger partial charge in [-0.15, -0.1) is 0 Å². The SMILES string of the molecule is COc1ccc2c(-c3oncc3N)c(C)[nH]c2c1. The summed E-state index contributed by atoms with van der Waals surface area (Å²) in [5, 5.41) is 4.76. The van der Waals surface area contributed by atoms with Crippen LogP contribution in [0.2, 0.25) is 0 Å². The van der Waals surface area contributed by atoms with Gasteiger partial charge in [0.25, 0.3) is 0 Å². The number of H-pyrrole nitrogens is 1. The highest BCUT2D eigenvalue weighted by molar-refractivity contribution is 5.98. The minimum atomic E-state index is 0.537. The van der Waals surface area contributed by atoms with Gasteiger partial charge in [0, 0.05) is 17.1 Å². The minimum Gasteiger partial charge on any atom is -0.497 e. The highest BCUT2D eigenvalue weighted by Gasteiger charge is 2.17. The number of fused-ring (bicyclic) bond motifs is 1. The number of ether oxygens (including phenoxy) is 1. The van der Waals surface area contributed by atoms with Crippen molar-refractivity contribution in [2.24, 2.45) is 0 Å². The first-order valence-corrected chi connectivity index (χ1v) is 5.57. The molecule has 2 aromatic heterocycles. The molecule has 0 radical (unpaired) electrons. The Bertz CT molecular complexity index is 712. The van der Waals surface area contributed by atoms with E-state index in [1.54, 1.807) is 7.11 Å². The summed E-state index contributed by atoms with van der Waals surface area (Å²) in [6.07, 6.45) is 1.51. The molecule has 5 heteroatoms. The lowest BCUT2D eigenvalue weighted by molar-refractivity contribution is 0.415. The molecule has 3 rings (SSSR count). The van der Waals surface area contributed by atoms with Gasteiger partial charge in [-0.2, -0.15) is 0 Å². The molecule has 0 amide bonds. The lowest BCUT2D eigenvalue weighted by Gasteiger charge is -2.00. The molecule has 2 heterocycles. The van der Waals surface area contributed by atoms with Crippen molar-refractivity contribution < 1.29 is 9.26 Å². The number of anilines is 1. The van der Waals surface area contributed by atoms with Gasteiger partial charge in [0.1, 0.15) is 11.4 Å². The maximum Gasteiger partial charge on any atom is 0.192 e. The fourth-order valence-corrected chi connectivity index (χ4v) is 2.17. The van der Waals surface area contributed by atoms with Crippen molar-refractivity contribution in [3.05, 3.63) is 30.1 Å². The number of nitrogens with one attached hydrogen (secondary N) is 1. The van der Waals surface area contributed by atoms with Crippen molar-refractivity contribution in [1.29, 1.82) is 0 Å². The molecule has 0 saturated heterocycles. The van der Waals surface area contributed by atoms with Gasteiger partial charge in [-0.1, -0.05) is 5.16 Å². The second-order valence-electron chi connectivity index (χ2n) is 4.15. The van der Waals surface area contributed by atoms with Gasteiger partial charge >= 0.3 is 0 Å². The summed E-state index contributed by atoms with van der Waals surface area (Å²) in [7, 11) is 1.65. The molecule has 3 N–H and O–H groups in total. The number of hydrogen-bond donors (Lipinski definition) is 2. The Kier molecular flexibility index (Phi) is 2.26. The maximum atomic E-state index is 5.85. The topological polar surface area (TPSA) is 77.1 Å². The Labute approximate surface area is 104 Å². The van der Waals surface area contributed by atoms with Gasteiger partial charge in [0.15, 0.2) is 5.76 Å². The zero-order chi connectivity index (χ0) is 12.7. The van der Waals surface area contributed by atoms with Crippen molar-refractivity contribution in [1.82, 2.24) is 10.1 Å². The lowest BCUT2D eigenvalue weighted by atomic mass is 10.1. The van der Waals surface area contributed by atoms with Gasteiger partial charge in [0.05, 0.1) is 24.4 Å². The van der Waals surface area contributed by atoms with Crippen LogP contribution in [0.4, 0.5) is 5.69 Å². The van der Waals surface area contributed by atoms with Crippen LogP contribution in [0.1, 0.15) is 5.69 Å². The van der Waals surface area contributed by atoms with Crippen LogP contribution in [-0.2, 0) is 0 Å². The van der Waals surface area contributed by atoms with Crippen LogP contribution in [0.5, 0.6) is 5.75 Å². The fourth-order valence-electron chi connectivity index (χ4n) is 2.17. The number of benzene rings is 1. The van der Waals surface area contributed by atoms with Gasteiger partial charge in [-0.25, -0.2) is 0 Å². The first-order chi connectivity index (χ1) is 8.70. The second-order valence-corrected chi connectivity index (χ2v) is 4.15. The smallest absolute Gasteiger partial charge is 0.192 e. The Morgan fingerprint density at radius 3 is 2.89 bits per heavy atom. The van der Waals surface area contributed by atoms with Crippen molar-refractivity contribution >= 4 is 16.6 Å². The molecule has 0 aliphatic rings. The van der Waals surface area contributed by atoms with Crippen molar-refractivity contribution in [2.75, 3.05) is 12.8 Å². The Balaban J connectivity index is 2.30. The average Bonchev–Trinajstić information content (AvgIpc) is 2.90. The van der Waals surface area contributed by atoms with E-state index in [2.05, 4.69) is 10.1 Å². The van der Waals surface area contributed by atoms with E-state index in [1.165, 1.54) is 6.20 Å². The van der Waals surface area contributed by atoms with E-state index in [-0.39, 0.29) is 0 Å².